The fourth-order valence-electron chi connectivity index (χ4n) is 1.99. The average molecular weight is 231 g/mol. The zero-order valence-corrected chi connectivity index (χ0v) is 9.55. The van der Waals surface area contributed by atoms with Crippen LogP contribution in [-0.2, 0) is 7.05 Å². The van der Waals surface area contributed by atoms with E-state index < -0.39 is 0 Å². The zero-order chi connectivity index (χ0) is 12.0. The average Bonchev–Trinajstić information content (AvgIpc) is 2.20. The van der Waals surface area contributed by atoms with Gasteiger partial charge < -0.3 is 15.2 Å². The summed E-state index contributed by atoms with van der Waals surface area (Å²) in [6, 6.07) is 1.79. The number of pyridine rings is 1. The monoisotopic (exact) mass is 231 g/mol. The molecule has 0 radical (unpaired) electrons. The third kappa shape index (κ3) is 1.44. The van der Waals surface area contributed by atoms with Gasteiger partial charge in [-0.3, -0.25) is 4.79 Å². The SMILES string of the molecule is Cn1ccc2nc(N)nc(N3CCC3)c2c1=O. The van der Waals surface area contributed by atoms with E-state index in [1.165, 1.54) is 4.57 Å². The van der Waals surface area contributed by atoms with E-state index in [2.05, 4.69) is 14.9 Å². The number of hydrogen-bond acceptors (Lipinski definition) is 5. The molecule has 1 fully saturated rings. The molecular weight excluding hydrogens is 218 g/mol. The molecule has 0 amide bonds. The van der Waals surface area contributed by atoms with Gasteiger partial charge >= 0.3 is 0 Å². The number of rotatable bonds is 1. The highest BCUT2D eigenvalue weighted by Gasteiger charge is 2.21. The molecule has 0 bridgehead atoms. The lowest BCUT2D eigenvalue weighted by molar-refractivity contribution is 0.611. The van der Waals surface area contributed by atoms with Crippen LogP contribution in [0, 0.1) is 0 Å². The van der Waals surface area contributed by atoms with Crippen LogP contribution in [0.5, 0.6) is 0 Å². The van der Waals surface area contributed by atoms with Gasteiger partial charge in [-0.1, -0.05) is 0 Å². The molecule has 1 saturated heterocycles. The molecule has 0 aromatic carbocycles. The fraction of sp³-hybridized carbons (Fsp3) is 0.364. The van der Waals surface area contributed by atoms with Gasteiger partial charge in [0.15, 0.2) is 0 Å². The molecule has 0 spiro atoms. The molecular formula is C11H13N5O. The van der Waals surface area contributed by atoms with Crippen molar-refractivity contribution in [2.75, 3.05) is 23.7 Å². The maximum absolute atomic E-state index is 12.1. The molecule has 3 heterocycles. The van der Waals surface area contributed by atoms with Gasteiger partial charge in [0, 0.05) is 26.3 Å². The highest BCUT2D eigenvalue weighted by molar-refractivity contribution is 5.89. The molecule has 0 saturated carbocycles. The number of nitrogens with zero attached hydrogens (tertiary/aromatic N) is 4. The van der Waals surface area contributed by atoms with Gasteiger partial charge in [-0.15, -0.1) is 0 Å². The molecule has 3 rings (SSSR count). The first-order valence-electron chi connectivity index (χ1n) is 5.54. The van der Waals surface area contributed by atoms with Crippen LogP contribution in [0.2, 0.25) is 0 Å². The first kappa shape index (κ1) is 10.1. The molecule has 2 aromatic heterocycles. The third-order valence-corrected chi connectivity index (χ3v) is 3.08. The Balaban J connectivity index is 2.38. The predicted octanol–water partition coefficient (Wildman–Crippen LogP) is 0.121. The minimum Gasteiger partial charge on any atom is -0.368 e. The first-order chi connectivity index (χ1) is 8.16. The Labute approximate surface area is 97.7 Å². The summed E-state index contributed by atoms with van der Waals surface area (Å²) in [6.07, 6.45) is 2.82. The second kappa shape index (κ2) is 3.44. The molecule has 2 aromatic rings. The summed E-state index contributed by atoms with van der Waals surface area (Å²) in [5.41, 5.74) is 6.21. The molecule has 6 heteroatoms. The van der Waals surface area contributed by atoms with Crippen molar-refractivity contribution in [1.82, 2.24) is 14.5 Å². The van der Waals surface area contributed by atoms with Gasteiger partial charge in [0.05, 0.1) is 5.52 Å². The van der Waals surface area contributed by atoms with Crippen LogP contribution in [0.4, 0.5) is 11.8 Å². The van der Waals surface area contributed by atoms with Crippen LogP contribution in [0.25, 0.3) is 10.9 Å². The number of hydrogen-bond donors (Lipinski definition) is 1. The third-order valence-electron chi connectivity index (χ3n) is 3.08. The van der Waals surface area contributed by atoms with Crippen molar-refractivity contribution in [3.05, 3.63) is 22.6 Å². The van der Waals surface area contributed by atoms with E-state index in [1.54, 1.807) is 19.3 Å². The largest absolute Gasteiger partial charge is 0.368 e. The van der Waals surface area contributed by atoms with Crippen molar-refractivity contribution in [1.29, 1.82) is 0 Å². The molecule has 6 nitrogen and oxygen atoms in total. The van der Waals surface area contributed by atoms with Gasteiger partial charge in [0.25, 0.3) is 5.56 Å². The molecule has 1 aliphatic rings. The minimum absolute atomic E-state index is 0.0793. The summed E-state index contributed by atoms with van der Waals surface area (Å²) in [7, 11) is 1.72. The Hall–Kier alpha value is -2.11. The molecule has 88 valence electrons. The molecule has 2 N–H and O–H groups in total. The number of fused-ring (bicyclic) bond motifs is 1. The summed E-state index contributed by atoms with van der Waals surface area (Å²) in [4.78, 5) is 22.5. The molecule has 0 atom stereocenters. The van der Waals surface area contributed by atoms with Gasteiger partial charge in [-0.05, 0) is 12.5 Å². The summed E-state index contributed by atoms with van der Waals surface area (Å²) >= 11 is 0. The lowest BCUT2D eigenvalue weighted by atomic mass is 10.2. The lowest BCUT2D eigenvalue weighted by Gasteiger charge is -2.32. The van der Waals surface area contributed by atoms with Crippen LogP contribution >= 0.6 is 0 Å². The number of nitrogens with two attached hydrogens (primary N) is 1. The van der Waals surface area contributed by atoms with Crippen molar-refractivity contribution in [3.63, 3.8) is 0 Å². The Morgan fingerprint density at radius 3 is 2.76 bits per heavy atom. The second-order valence-electron chi connectivity index (χ2n) is 4.24. The molecule has 1 aliphatic heterocycles. The van der Waals surface area contributed by atoms with Gasteiger partial charge in [0.1, 0.15) is 11.2 Å². The number of nitrogen functional groups attached to an aromatic ring is 1. The highest BCUT2D eigenvalue weighted by Crippen LogP contribution is 2.25. The Bertz CT molecular complexity index is 644. The Morgan fingerprint density at radius 2 is 2.12 bits per heavy atom. The van der Waals surface area contributed by atoms with E-state index in [-0.39, 0.29) is 11.5 Å². The van der Waals surface area contributed by atoms with Crippen LogP contribution in [0.1, 0.15) is 6.42 Å². The Morgan fingerprint density at radius 1 is 1.35 bits per heavy atom. The number of aromatic nitrogens is 3. The smallest absolute Gasteiger partial charge is 0.263 e. The van der Waals surface area contributed by atoms with E-state index in [0.29, 0.717) is 16.7 Å². The maximum atomic E-state index is 12.1. The lowest BCUT2D eigenvalue weighted by Crippen LogP contribution is -2.39. The molecule has 0 aliphatic carbocycles. The fourth-order valence-corrected chi connectivity index (χ4v) is 1.99. The van der Waals surface area contributed by atoms with Crippen LogP contribution in [0.3, 0.4) is 0 Å². The van der Waals surface area contributed by atoms with Crippen LogP contribution < -0.4 is 16.2 Å². The number of anilines is 2. The van der Waals surface area contributed by atoms with Crippen molar-refractivity contribution in [2.24, 2.45) is 7.05 Å². The van der Waals surface area contributed by atoms with Crippen molar-refractivity contribution < 1.29 is 0 Å². The summed E-state index contributed by atoms with van der Waals surface area (Å²) in [5, 5.41) is 0.559. The topological polar surface area (TPSA) is 77.0 Å². The van der Waals surface area contributed by atoms with Crippen molar-refractivity contribution >= 4 is 22.7 Å². The zero-order valence-electron chi connectivity index (χ0n) is 9.55. The van der Waals surface area contributed by atoms with E-state index in [1.807, 2.05) is 0 Å². The second-order valence-corrected chi connectivity index (χ2v) is 4.24. The van der Waals surface area contributed by atoms with Crippen molar-refractivity contribution in [3.8, 4) is 0 Å². The van der Waals surface area contributed by atoms with Crippen LogP contribution in [-0.4, -0.2) is 27.6 Å². The van der Waals surface area contributed by atoms with E-state index >= 15 is 0 Å². The molecule has 17 heavy (non-hydrogen) atoms. The minimum atomic E-state index is -0.0793. The van der Waals surface area contributed by atoms with Crippen molar-refractivity contribution in [2.45, 2.75) is 6.42 Å². The molecule has 0 unspecified atom stereocenters. The first-order valence-corrected chi connectivity index (χ1v) is 5.54. The van der Waals surface area contributed by atoms with E-state index in [4.69, 9.17) is 5.73 Å². The van der Waals surface area contributed by atoms with Gasteiger partial charge in [-0.25, -0.2) is 4.98 Å². The summed E-state index contributed by atoms with van der Waals surface area (Å²) < 4.78 is 1.53. The highest BCUT2D eigenvalue weighted by atomic mass is 16.1. The predicted molar refractivity (Wildman–Crippen MR) is 66.0 cm³/mol. The van der Waals surface area contributed by atoms with Gasteiger partial charge in [0.2, 0.25) is 5.95 Å². The summed E-state index contributed by atoms with van der Waals surface area (Å²) in [5.74, 6) is 0.882. The van der Waals surface area contributed by atoms with Crippen LogP contribution in [0.15, 0.2) is 17.1 Å². The van der Waals surface area contributed by atoms with E-state index in [9.17, 15) is 4.79 Å². The van der Waals surface area contributed by atoms with E-state index in [0.717, 1.165) is 19.5 Å². The normalized spacial score (nSPS) is 15.0. The quantitative estimate of drug-likeness (QED) is 0.754. The number of aryl methyl sites for hydroxylation is 1. The summed E-state index contributed by atoms with van der Waals surface area (Å²) in [6.45, 7) is 1.84. The Kier molecular flexibility index (Phi) is 2.04. The standard InChI is InChI=1S/C11H13N5O/c1-15-6-3-7-8(10(15)17)9(14-11(12)13-7)16-4-2-5-16/h3,6H,2,4-5H2,1H3,(H2,12,13,14). The van der Waals surface area contributed by atoms with Gasteiger partial charge in [-0.2, -0.15) is 4.98 Å². The maximum Gasteiger partial charge on any atom is 0.263 e.